The van der Waals surface area contributed by atoms with Gasteiger partial charge in [0, 0.05) is 28.2 Å². The van der Waals surface area contributed by atoms with Gasteiger partial charge in [0.2, 0.25) is 0 Å². The lowest BCUT2D eigenvalue weighted by atomic mass is 10.2. The van der Waals surface area contributed by atoms with Crippen molar-refractivity contribution in [3.63, 3.8) is 0 Å². The fraction of sp³-hybridized carbons (Fsp3) is 0.222. The largest absolute Gasteiger partial charge is 0.461 e. The second-order valence-electron chi connectivity index (χ2n) is 2.97. The first kappa shape index (κ1) is 13.3. The Kier molecular flexibility index (Phi) is 4.18. The molecule has 88 valence electrons. The number of benzene rings is 1. The number of hydrogen-bond acceptors (Lipinski definition) is 4. The molecule has 0 radical (unpaired) electrons. The third kappa shape index (κ3) is 3.66. The molecule has 0 fully saturated rings. The topological polar surface area (TPSA) is 60.4 Å². The molecular formula is C9H8Cl2O4S. The molecule has 7 heteroatoms. The van der Waals surface area contributed by atoms with Crippen LogP contribution >= 0.6 is 22.3 Å². The first-order valence-corrected chi connectivity index (χ1v) is 6.86. The first-order chi connectivity index (χ1) is 7.30. The molecule has 0 aliphatic rings. The number of esters is 1. The second-order valence-corrected chi connectivity index (χ2v) is 5.94. The van der Waals surface area contributed by atoms with Crippen LogP contribution in [0, 0.1) is 0 Å². The lowest BCUT2D eigenvalue weighted by Crippen LogP contribution is -2.03. The van der Waals surface area contributed by atoms with Gasteiger partial charge < -0.3 is 4.74 Å². The summed E-state index contributed by atoms with van der Waals surface area (Å²) in [6, 6.07) is 4.05. The predicted molar refractivity (Wildman–Crippen MR) is 60.0 cm³/mol. The maximum absolute atomic E-state index is 11.2. The van der Waals surface area contributed by atoms with Crippen molar-refractivity contribution in [3.8, 4) is 0 Å². The summed E-state index contributed by atoms with van der Waals surface area (Å²) in [5, 5.41) is 0.339. The van der Waals surface area contributed by atoms with Gasteiger partial charge in [-0.3, -0.25) is 4.79 Å². The molecule has 0 aliphatic heterocycles. The number of carbonyl (C=O) groups excluding carboxylic acids is 1. The van der Waals surface area contributed by atoms with E-state index < -0.39 is 15.0 Å². The zero-order valence-electron chi connectivity index (χ0n) is 8.24. The van der Waals surface area contributed by atoms with E-state index in [0.717, 1.165) is 0 Å². The highest BCUT2D eigenvalue weighted by Crippen LogP contribution is 2.24. The number of halogens is 2. The van der Waals surface area contributed by atoms with E-state index in [1.165, 1.54) is 25.1 Å². The van der Waals surface area contributed by atoms with Crippen molar-refractivity contribution in [1.29, 1.82) is 0 Å². The van der Waals surface area contributed by atoms with E-state index in [4.69, 9.17) is 27.0 Å². The van der Waals surface area contributed by atoms with E-state index in [-0.39, 0.29) is 17.1 Å². The monoisotopic (exact) mass is 282 g/mol. The van der Waals surface area contributed by atoms with E-state index in [9.17, 15) is 13.2 Å². The van der Waals surface area contributed by atoms with Gasteiger partial charge in [-0.1, -0.05) is 11.6 Å². The Morgan fingerprint density at radius 1 is 1.44 bits per heavy atom. The molecule has 0 bridgehead atoms. The summed E-state index contributed by atoms with van der Waals surface area (Å²) in [5.41, 5.74) is 0.248. The second kappa shape index (κ2) is 5.03. The fourth-order valence-corrected chi connectivity index (χ4v) is 2.39. The van der Waals surface area contributed by atoms with Gasteiger partial charge >= 0.3 is 5.97 Å². The molecule has 0 saturated carbocycles. The molecule has 4 nitrogen and oxygen atoms in total. The third-order valence-corrected chi connectivity index (χ3v) is 3.37. The zero-order chi connectivity index (χ0) is 12.3. The Morgan fingerprint density at radius 2 is 2.06 bits per heavy atom. The smallest absolute Gasteiger partial charge is 0.302 e. The summed E-state index contributed by atoms with van der Waals surface area (Å²) in [5.74, 6) is -0.516. The molecule has 0 aliphatic carbocycles. The lowest BCUT2D eigenvalue weighted by Gasteiger charge is -2.07. The summed E-state index contributed by atoms with van der Waals surface area (Å²) in [7, 11) is 1.34. The van der Waals surface area contributed by atoms with Gasteiger partial charge in [0.15, 0.2) is 0 Å². The highest BCUT2D eigenvalue weighted by molar-refractivity contribution is 8.13. The van der Waals surface area contributed by atoms with Crippen LogP contribution in [0.1, 0.15) is 12.5 Å². The molecule has 0 saturated heterocycles. The maximum atomic E-state index is 11.2. The quantitative estimate of drug-likeness (QED) is 0.631. The van der Waals surface area contributed by atoms with Crippen molar-refractivity contribution in [1.82, 2.24) is 0 Å². The molecule has 1 aromatic rings. The van der Waals surface area contributed by atoms with Gasteiger partial charge in [-0.2, -0.15) is 0 Å². The third-order valence-electron chi connectivity index (χ3n) is 1.72. The zero-order valence-corrected chi connectivity index (χ0v) is 10.6. The molecule has 0 spiro atoms. The molecule has 0 heterocycles. The van der Waals surface area contributed by atoms with Gasteiger partial charge in [0.25, 0.3) is 9.05 Å². The van der Waals surface area contributed by atoms with Crippen molar-refractivity contribution in [2.45, 2.75) is 18.4 Å². The minimum atomic E-state index is -3.88. The van der Waals surface area contributed by atoms with Crippen LogP contribution in [0.2, 0.25) is 5.02 Å². The van der Waals surface area contributed by atoms with Gasteiger partial charge in [0.1, 0.15) is 6.61 Å². The van der Waals surface area contributed by atoms with E-state index in [1.807, 2.05) is 0 Å². The summed E-state index contributed by atoms with van der Waals surface area (Å²) >= 11 is 5.70. The maximum Gasteiger partial charge on any atom is 0.302 e. The molecule has 0 N–H and O–H groups in total. The van der Waals surface area contributed by atoms with E-state index in [0.29, 0.717) is 5.02 Å². The van der Waals surface area contributed by atoms with Crippen molar-refractivity contribution < 1.29 is 17.9 Å². The Hall–Kier alpha value is -0.780. The Balaban J connectivity index is 3.14. The van der Waals surface area contributed by atoms with Crippen LogP contribution in [-0.2, 0) is 25.2 Å². The summed E-state index contributed by atoms with van der Waals surface area (Å²) in [4.78, 5) is 10.5. The van der Waals surface area contributed by atoms with Crippen molar-refractivity contribution in [3.05, 3.63) is 28.8 Å². The molecule has 16 heavy (non-hydrogen) atoms. The predicted octanol–water partition coefficient (Wildman–Crippen LogP) is 2.33. The Labute approximate surface area is 103 Å². The van der Waals surface area contributed by atoms with Crippen LogP contribution in [0.25, 0.3) is 0 Å². The summed E-state index contributed by atoms with van der Waals surface area (Å²) in [6.45, 7) is 1.04. The molecule has 0 unspecified atom stereocenters. The van der Waals surface area contributed by atoms with Crippen LogP contribution in [0.15, 0.2) is 23.1 Å². The number of hydrogen-bond donors (Lipinski definition) is 0. The molecule has 1 rings (SSSR count). The highest BCUT2D eigenvalue weighted by atomic mass is 35.7. The van der Waals surface area contributed by atoms with Crippen molar-refractivity contribution >= 4 is 37.3 Å². The molecular weight excluding hydrogens is 275 g/mol. The van der Waals surface area contributed by atoms with E-state index >= 15 is 0 Å². The lowest BCUT2D eigenvalue weighted by molar-refractivity contribution is -0.142. The molecule has 0 amide bonds. The number of ether oxygens (including phenoxy) is 1. The minimum Gasteiger partial charge on any atom is -0.461 e. The van der Waals surface area contributed by atoms with Gasteiger partial charge in [-0.25, -0.2) is 8.42 Å². The SMILES string of the molecule is CC(=O)OCc1cc(Cl)ccc1S(=O)(=O)Cl. The van der Waals surface area contributed by atoms with Crippen LogP contribution in [0.3, 0.4) is 0 Å². The van der Waals surface area contributed by atoms with Crippen LogP contribution in [-0.4, -0.2) is 14.4 Å². The number of carbonyl (C=O) groups is 1. The van der Waals surface area contributed by atoms with Crippen LogP contribution in [0.4, 0.5) is 0 Å². The normalized spacial score (nSPS) is 11.2. The van der Waals surface area contributed by atoms with Gasteiger partial charge in [0.05, 0.1) is 4.90 Å². The summed E-state index contributed by atoms with van der Waals surface area (Å²) < 4.78 is 27.1. The van der Waals surface area contributed by atoms with Gasteiger partial charge in [-0.15, -0.1) is 0 Å². The average molecular weight is 283 g/mol. The summed E-state index contributed by atoms with van der Waals surface area (Å²) in [6.07, 6.45) is 0. The van der Waals surface area contributed by atoms with Gasteiger partial charge in [-0.05, 0) is 18.2 Å². The fourth-order valence-electron chi connectivity index (χ4n) is 1.08. The average Bonchev–Trinajstić information content (AvgIpc) is 2.12. The standard InChI is InChI=1S/C9H8Cl2O4S/c1-6(12)15-5-7-4-8(10)2-3-9(7)16(11,13)14/h2-4H,5H2,1H3. The van der Waals surface area contributed by atoms with E-state index in [1.54, 1.807) is 0 Å². The highest BCUT2D eigenvalue weighted by Gasteiger charge is 2.16. The minimum absolute atomic E-state index is 0.111. The van der Waals surface area contributed by atoms with E-state index in [2.05, 4.69) is 0 Å². The van der Waals surface area contributed by atoms with Crippen molar-refractivity contribution in [2.24, 2.45) is 0 Å². The van der Waals surface area contributed by atoms with Crippen LogP contribution < -0.4 is 0 Å². The number of rotatable bonds is 3. The van der Waals surface area contributed by atoms with Crippen LogP contribution in [0.5, 0.6) is 0 Å². The molecule has 0 aromatic heterocycles. The molecule has 0 atom stereocenters. The van der Waals surface area contributed by atoms with Crippen molar-refractivity contribution in [2.75, 3.05) is 0 Å². The molecule has 1 aromatic carbocycles. The Bertz CT molecular complexity index is 510. The Morgan fingerprint density at radius 3 is 2.56 bits per heavy atom. The first-order valence-electron chi connectivity index (χ1n) is 4.17.